The van der Waals surface area contributed by atoms with Crippen LogP contribution < -0.4 is 11.5 Å². The first-order valence-corrected chi connectivity index (χ1v) is 8.22. The molecule has 0 saturated carbocycles. The summed E-state index contributed by atoms with van der Waals surface area (Å²) >= 11 is 0. The fourth-order valence-electron chi connectivity index (χ4n) is 2.51. The van der Waals surface area contributed by atoms with Crippen LogP contribution in [0.4, 0.5) is 0 Å². The van der Waals surface area contributed by atoms with Crippen molar-refractivity contribution in [1.82, 2.24) is 0 Å². The Bertz CT molecular complexity index is 374. The van der Waals surface area contributed by atoms with Gasteiger partial charge in [0.25, 0.3) is 0 Å². The van der Waals surface area contributed by atoms with E-state index in [2.05, 4.69) is 32.0 Å². The standard InChI is InChI=1S/C18H32N2/c1-3-15(2)8-9-16-10-11-17(6-4-12-19)18(14-16)7-5-13-20/h10-11,14-15H,3-9,12-13,19-20H2,1-2H3. The zero-order valence-corrected chi connectivity index (χ0v) is 13.3. The van der Waals surface area contributed by atoms with Crippen molar-refractivity contribution in [2.75, 3.05) is 13.1 Å². The summed E-state index contributed by atoms with van der Waals surface area (Å²) in [5.41, 5.74) is 15.7. The quantitative estimate of drug-likeness (QED) is 0.687. The van der Waals surface area contributed by atoms with E-state index in [-0.39, 0.29) is 0 Å². The van der Waals surface area contributed by atoms with Crippen molar-refractivity contribution in [3.63, 3.8) is 0 Å². The van der Waals surface area contributed by atoms with Crippen LogP contribution in [-0.2, 0) is 19.3 Å². The first kappa shape index (κ1) is 17.2. The lowest BCUT2D eigenvalue weighted by molar-refractivity contribution is 0.516. The summed E-state index contributed by atoms with van der Waals surface area (Å²) in [4.78, 5) is 0. The molecule has 1 rings (SSSR count). The Labute approximate surface area is 124 Å². The Kier molecular flexibility index (Phi) is 8.56. The van der Waals surface area contributed by atoms with Gasteiger partial charge in [0.15, 0.2) is 0 Å². The maximum Gasteiger partial charge on any atom is -0.00741 e. The molecule has 0 aliphatic carbocycles. The molecule has 2 nitrogen and oxygen atoms in total. The topological polar surface area (TPSA) is 52.0 Å². The molecule has 0 bridgehead atoms. The average molecular weight is 276 g/mol. The number of hydrogen-bond donors (Lipinski definition) is 2. The first-order chi connectivity index (χ1) is 9.71. The number of benzene rings is 1. The van der Waals surface area contributed by atoms with Gasteiger partial charge in [-0.25, -0.2) is 0 Å². The maximum atomic E-state index is 5.66. The van der Waals surface area contributed by atoms with E-state index in [1.54, 1.807) is 0 Å². The molecule has 0 saturated heterocycles. The molecule has 1 aromatic carbocycles. The van der Waals surface area contributed by atoms with Gasteiger partial charge < -0.3 is 11.5 Å². The molecule has 0 spiro atoms. The van der Waals surface area contributed by atoms with Gasteiger partial charge in [-0.1, -0.05) is 38.5 Å². The minimum absolute atomic E-state index is 0.770. The lowest BCUT2D eigenvalue weighted by Gasteiger charge is -2.13. The second kappa shape index (κ2) is 9.95. The van der Waals surface area contributed by atoms with Crippen molar-refractivity contribution < 1.29 is 0 Å². The van der Waals surface area contributed by atoms with Gasteiger partial charge in [0.05, 0.1) is 0 Å². The summed E-state index contributed by atoms with van der Waals surface area (Å²) in [6, 6.07) is 7.03. The van der Waals surface area contributed by atoms with Crippen LogP contribution in [0.2, 0.25) is 0 Å². The third-order valence-electron chi connectivity index (χ3n) is 4.19. The van der Waals surface area contributed by atoms with Crippen molar-refractivity contribution >= 4 is 0 Å². The molecule has 1 atom stereocenters. The lowest BCUT2D eigenvalue weighted by atomic mass is 9.93. The van der Waals surface area contributed by atoms with Crippen molar-refractivity contribution in [3.05, 3.63) is 34.9 Å². The Hall–Kier alpha value is -0.860. The Morgan fingerprint density at radius 2 is 1.60 bits per heavy atom. The molecule has 1 aromatic rings. The second-order valence-electron chi connectivity index (χ2n) is 5.94. The highest BCUT2D eigenvalue weighted by molar-refractivity contribution is 5.32. The predicted octanol–water partition coefficient (Wildman–Crippen LogP) is 3.45. The Balaban J connectivity index is 2.72. The van der Waals surface area contributed by atoms with Crippen LogP contribution >= 0.6 is 0 Å². The van der Waals surface area contributed by atoms with E-state index < -0.39 is 0 Å². The van der Waals surface area contributed by atoms with E-state index in [9.17, 15) is 0 Å². The van der Waals surface area contributed by atoms with Gasteiger partial charge in [-0.15, -0.1) is 0 Å². The normalized spacial score (nSPS) is 12.6. The van der Waals surface area contributed by atoms with E-state index in [1.165, 1.54) is 36.0 Å². The highest BCUT2D eigenvalue weighted by Gasteiger charge is 2.06. The fraction of sp³-hybridized carbons (Fsp3) is 0.667. The molecular weight excluding hydrogens is 244 g/mol. The third kappa shape index (κ3) is 6.06. The Morgan fingerprint density at radius 1 is 0.950 bits per heavy atom. The number of hydrogen-bond acceptors (Lipinski definition) is 2. The first-order valence-electron chi connectivity index (χ1n) is 8.22. The summed E-state index contributed by atoms with van der Waals surface area (Å²) in [6.07, 6.45) is 8.10. The summed E-state index contributed by atoms with van der Waals surface area (Å²) in [5.74, 6) is 0.819. The van der Waals surface area contributed by atoms with Gasteiger partial charge >= 0.3 is 0 Å². The zero-order chi connectivity index (χ0) is 14.8. The van der Waals surface area contributed by atoms with Crippen LogP contribution in [0, 0.1) is 5.92 Å². The van der Waals surface area contributed by atoms with Gasteiger partial charge in [0, 0.05) is 0 Å². The molecule has 4 N–H and O–H groups in total. The molecule has 20 heavy (non-hydrogen) atoms. The van der Waals surface area contributed by atoms with Crippen molar-refractivity contribution in [2.45, 2.75) is 58.8 Å². The van der Waals surface area contributed by atoms with Gasteiger partial charge in [-0.3, -0.25) is 0 Å². The molecule has 0 radical (unpaired) electrons. The minimum Gasteiger partial charge on any atom is -0.330 e. The number of rotatable bonds is 10. The van der Waals surface area contributed by atoms with Crippen LogP contribution in [0.3, 0.4) is 0 Å². The summed E-state index contributed by atoms with van der Waals surface area (Å²) in [5, 5.41) is 0. The van der Waals surface area contributed by atoms with E-state index in [0.717, 1.165) is 44.7 Å². The lowest BCUT2D eigenvalue weighted by Crippen LogP contribution is -2.06. The molecule has 0 amide bonds. The van der Waals surface area contributed by atoms with Crippen LogP contribution in [0.1, 0.15) is 56.2 Å². The molecule has 114 valence electrons. The predicted molar refractivity (Wildman–Crippen MR) is 89.0 cm³/mol. The van der Waals surface area contributed by atoms with Crippen molar-refractivity contribution in [3.8, 4) is 0 Å². The molecule has 0 fully saturated rings. The number of nitrogens with two attached hydrogens (primary N) is 2. The van der Waals surface area contributed by atoms with Gasteiger partial charge in [0.2, 0.25) is 0 Å². The smallest absolute Gasteiger partial charge is 0.00741 e. The molecule has 0 aromatic heterocycles. The molecule has 2 heteroatoms. The van der Waals surface area contributed by atoms with E-state index in [4.69, 9.17) is 11.5 Å². The van der Waals surface area contributed by atoms with Crippen molar-refractivity contribution in [2.24, 2.45) is 17.4 Å². The maximum absolute atomic E-state index is 5.66. The zero-order valence-electron chi connectivity index (χ0n) is 13.3. The van der Waals surface area contributed by atoms with Crippen LogP contribution in [-0.4, -0.2) is 13.1 Å². The third-order valence-corrected chi connectivity index (χ3v) is 4.19. The molecule has 0 heterocycles. The highest BCUT2D eigenvalue weighted by atomic mass is 14.5. The molecule has 0 aliphatic rings. The number of aryl methyl sites for hydroxylation is 3. The molecule has 1 unspecified atom stereocenters. The summed E-state index contributed by atoms with van der Waals surface area (Å²) in [6.45, 7) is 6.15. The van der Waals surface area contributed by atoms with Crippen LogP contribution in [0.15, 0.2) is 18.2 Å². The molecule has 0 aliphatic heterocycles. The minimum atomic E-state index is 0.770. The van der Waals surface area contributed by atoms with E-state index in [1.807, 2.05) is 0 Å². The van der Waals surface area contributed by atoms with Crippen molar-refractivity contribution in [1.29, 1.82) is 0 Å². The van der Waals surface area contributed by atoms with E-state index >= 15 is 0 Å². The van der Waals surface area contributed by atoms with E-state index in [0.29, 0.717) is 0 Å². The summed E-state index contributed by atoms with van der Waals surface area (Å²) in [7, 11) is 0. The fourth-order valence-corrected chi connectivity index (χ4v) is 2.51. The van der Waals surface area contributed by atoms with Gasteiger partial charge in [0.1, 0.15) is 0 Å². The Morgan fingerprint density at radius 3 is 2.20 bits per heavy atom. The SMILES string of the molecule is CCC(C)CCc1ccc(CCCN)c(CCCN)c1. The second-order valence-corrected chi connectivity index (χ2v) is 5.94. The average Bonchev–Trinajstić information content (AvgIpc) is 2.49. The monoisotopic (exact) mass is 276 g/mol. The highest BCUT2D eigenvalue weighted by Crippen LogP contribution is 2.19. The van der Waals surface area contributed by atoms with Gasteiger partial charge in [-0.2, -0.15) is 0 Å². The largest absolute Gasteiger partial charge is 0.330 e. The van der Waals surface area contributed by atoms with Gasteiger partial charge in [-0.05, 0) is 74.2 Å². The summed E-state index contributed by atoms with van der Waals surface area (Å²) < 4.78 is 0. The molecular formula is C18H32N2. The van der Waals surface area contributed by atoms with Crippen LogP contribution in [0.25, 0.3) is 0 Å². The van der Waals surface area contributed by atoms with Crippen LogP contribution in [0.5, 0.6) is 0 Å².